The van der Waals surface area contributed by atoms with Gasteiger partial charge in [0, 0.05) is 19.5 Å². The van der Waals surface area contributed by atoms with Crippen LogP contribution in [0.4, 0.5) is 5.69 Å². The Labute approximate surface area is 193 Å². The van der Waals surface area contributed by atoms with Crippen molar-refractivity contribution in [3.8, 4) is 11.5 Å². The molecule has 0 spiro atoms. The lowest BCUT2D eigenvalue weighted by Crippen LogP contribution is -2.33. The van der Waals surface area contributed by atoms with Crippen LogP contribution in [0.2, 0.25) is 0 Å². The highest BCUT2D eigenvalue weighted by Crippen LogP contribution is 2.33. The predicted molar refractivity (Wildman–Crippen MR) is 131 cm³/mol. The number of carbonyl (C=O) groups is 1. The standard InChI is InChI=1S/C25H36N2O4S/c1-4-6-13-21(5-2)20-26-25(28)18-12-19-27(32(3,29)30)23-16-10-11-17-24(23)31-22-14-8-7-9-15-22/h7-11,14-17,21H,4-6,12-13,18-20H2,1-3H3,(H,26,28)/t21-/m1/s1. The van der Waals surface area contributed by atoms with Gasteiger partial charge in [-0.2, -0.15) is 0 Å². The molecule has 7 heteroatoms. The number of benzene rings is 2. The minimum atomic E-state index is -3.55. The van der Waals surface area contributed by atoms with E-state index in [1.54, 1.807) is 24.3 Å². The maximum Gasteiger partial charge on any atom is 0.232 e. The molecule has 2 aromatic carbocycles. The summed E-state index contributed by atoms with van der Waals surface area (Å²) in [6, 6.07) is 16.3. The number of rotatable bonds is 14. The van der Waals surface area contributed by atoms with Crippen molar-refractivity contribution in [3.05, 3.63) is 54.6 Å². The fourth-order valence-electron chi connectivity index (χ4n) is 3.50. The number of ether oxygens (including phenoxy) is 1. The molecule has 0 fully saturated rings. The average molecular weight is 461 g/mol. The Morgan fingerprint density at radius 1 is 1.03 bits per heavy atom. The fraction of sp³-hybridized carbons (Fsp3) is 0.480. The van der Waals surface area contributed by atoms with Gasteiger partial charge in [-0.3, -0.25) is 9.10 Å². The molecule has 0 aliphatic heterocycles. The first kappa shape index (κ1) is 25.7. The first-order valence-electron chi connectivity index (χ1n) is 11.4. The zero-order valence-corrected chi connectivity index (χ0v) is 20.2. The Morgan fingerprint density at radius 3 is 2.38 bits per heavy atom. The molecule has 0 saturated carbocycles. The Morgan fingerprint density at radius 2 is 1.72 bits per heavy atom. The lowest BCUT2D eigenvalue weighted by molar-refractivity contribution is -0.121. The largest absolute Gasteiger partial charge is 0.455 e. The summed E-state index contributed by atoms with van der Waals surface area (Å²) in [5.41, 5.74) is 0.463. The Kier molecular flexibility index (Phi) is 10.5. The molecular weight excluding hydrogens is 424 g/mol. The molecule has 0 bridgehead atoms. The topological polar surface area (TPSA) is 75.7 Å². The highest BCUT2D eigenvalue weighted by molar-refractivity contribution is 7.92. The van der Waals surface area contributed by atoms with Crippen molar-refractivity contribution in [1.29, 1.82) is 0 Å². The zero-order valence-electron chi connectivity index (χ0n) is 19.4. The van der Waals surface area contributed by atoms with E-state index in [-0.39, 0.29) is 18.9 Å². The molecule has 0 aromatic heterocycles. The van der Waals surface area contributed by atoms with Crippen molar-refractivity contribution in [2.75, 3.05) is 23.7 Å². The second kappa shape index (κ2) is 13.1. The van der Waals surface area contributed by atoms with E-state index < -0.39 is 10.0 Å². The number of nitrogens with one attached hydrogen (secondary N) is 1. The van der Waals surface area contributed by atoms with Crippen molar-refractivity contribution in [2.24, 2.45) is 5.92 Å². The van der Waals surface area contributed by atoms with Crippen LogP contribution in [0.25, 0.3) is 0 Å². The molecule has 0 saturated heterocycles. The first-order valence-corrected chi connectivity index (χ1v) is 13.3. The third-order valence-corrected chi connectivity index (χ3v) is 6.58. The van der Waals surface area contributed by atoms with E-state index in [0.717, 1.165) is 19.3 Å². The van der Waals surface area contributed by atoms with E-state index >= 15 is 0 Å². The van der Waals surface area contributed by atoms with Crippen molar-refractivity contribution in [1.82, 2.24) is 5.32 Å². The quantitative estimate of drug-likeness (QED) is 0.412. The summed E-state index contributed by atoms with van der Waals surface area (Å²) in [6.45, 7) is 5.20. The first-order chi connectivity index (χ1) is 15.3. The predicted octanol–water partition coefficient (Wildman–Crippen LogP) is 5.36. The van der Waals surface area contributed by atoms with Crippen molar-refractivity contribution in [2.45, 2.75) is 52.4 Å². The lowest BCUT2D eigenvalue weighted by atomic mass is 9.99. The number of hydrogen-bond donors (Lipinski definition) is 1. The molecule has 2 aromatic rings. The van der Waals surface area contributed by atoms with Gasteiger partial charge in [0.05, 0.1) is 11.9 Å². The van der Waals surface area contributed by atoms with Crippen LogP contribution in [0.1, 0.15) is 52.4 Å². The molecule has 1 amide bonds. The highest BCUT2D eigenvalue weighted by Gasteiger charge is 2.21. The summed E-state index contributed by atoms with van der Waals surface area (Å²) in [4.78, 5) is 12.3. The minimum absolute atomic E-state index is 0.0396. The number of carbonyl (C=O) groups excluding carboxylic acids is 1. The van der Waals surface area contributed by atoms with Crippen LogP contribution in [-0.2, 0) is 14.8 Å². The second-order valence-electron chi connectivity index (χ2n) is 8.04. The number of nitrogens with zero attached hydrogens (tertiary/aromatic N) is 1. The van der Waals surface area contributed by atoms with E-state index in [2.05, 4.69) is 19.2 Å². The van der Waals surface area contributed by atoms with Gasteiger partial charge in [-0.05, 0) is 43.0 Å². The summed E-state index contributed by atoms with van der Waals surface area (Å²) in [6.07, 6.45) is 6.35. The van der Waals surface area contributed by atoms with Crippen LogP contribution in [0.3, 0.4) is 0 Å². The van der Waals surface area contributed by atoms with E-state index in [9.17, 15) is 13.2 Å². The number of sulfonamides is 1. The van der Waals surface area contributed by atoms with Crippen LogP contribution in [0.15, 0.2) is 54.6 Å². The van der Waals surface area contributed by atoms with Crippen LogP contribution >= 0.6 is 0 Å². The average Bonchev–Trinajstić information content (AvgIpc) is 2.77. The van der Waals surface area contributed by atoms with E-state index in [1.807, 2.05) is 30.3 Å². The summed E-state index contributed by atoms with van der Waals surface area (Å²) in [5, 5.41) is 3.01. The van der Waals surface area contributed by atoms with Crippen molar-refractivity contribution < 1.29 is 17.9 Å². The monoisotopic (exact) mass is 460 g/mol. The van der Waals surface area contributed by atoms with E-state index in [0.29, 0.717) is 36.1 Å². The molecule has 0 unspecified atom stereocenters. The maximum atomic E-state index is 12.5. The van der Waals surface area contributed by atoms with Crippen LogP contribution in [0.5, 0.6) is 11.5 Å². The van der Waals surface area contributed by atoms with Crippen LogP contribution in [-0.4, -0.2) is 33.7 Å². The Hall–Kier alpha value is -2.54. The molecule has 6 nitrogen and oxygen atoms in total. The van der Waals surface area contributed by atoms with Gasteiger partial charge in [0.15, 0.2) is 5.75 Å². The summed E-state index contributed by atoms with van der Waals surface area (Å²) < 4.78 is 32.3. The third-order valence-electron chi connectivity index (χ3n) is 5.40. The molecule has 0 radical (unpaired) electrons. The van der Waals surface area contributed by atoms with Gasteiger partial charge in [-0.15, -0.1) is 0 Å². The van der Waals surface area contributed by atoms with E-state index in [4.69, 9.17) is 4.74 Å². The van der Waals surface area contributed by atoms with Gasteiger partial charge in [-0.25, -0.2) is 8.42 Å². The molecule has 1 atom stereocenters. The van der Waals surface area contributed by atoms with Gasteiger partial charge in [0.1, 0.15) is 5.75 Å². The van der Waals surface area contributed by atoms with Gasteiger partial charge in [-0.1, -0.05) is 63.4 Å². The van der Waals surface area contributed by atoms with E-state index in [1.165, 1.54) is 17.0 Å². The highest BCUT2D eigenvalue weighted by atomic mass is 32.2. The number of anilines is 1. The fourth-order valence-corrected chi connectivity index (χ4v) is 4.47. The molecule has 0 heterocycles. The van der Waals surface area contributed by atoms with Gasteiger partial charge < -0.3 is 10.1 Å². The summed E-state index contributed by atoms with van der Waals surface area (Å²) >= 11 is 0. The minimum Gasteiger partial charge on any atom is -0.455 e. The van der Waals surface area contributed by atoms with Gasteiger partial charge in [0.25, 0.3) is 0 Å². The molecule has 2 rings (SSSR count). The molecule has 0 aliphatic carbocycles. The smallest absolute Gasteiger partial charge is 0.232 e. The Bertz CT molecular complexity index is 932. The molecule has 1 N–H and O–H groups in total. The van der Waals surface area contributed by atoms with Crippen molar-refractivity contribution >= 4 is 21.6 Å². The third kappa shape index (κ3) is 8.54. The molecule has 32 heavy (non-hydrogen) atoms. The number of unbranched alkanes of at least 4 members (excludes halogenated alkanes) is 1. The number of para-hydroxylation sites is 3. The summed E-state index contributed by atoms with van der Waals surface area (Å²) in [5.74, 6) is 1.53. The van der Waals surface area contributed by atoms with Crippen LogP contribution in [0, 0.1) is 5.92 Å². The maximum absolute atomic E-state index is 12.5. The Balaban J connectivity index is 2.00. The van der Waals surface area contributed by atoms with Gasteiger partial charge in [0.2, 0.25) is 15.9 Å². The number of amides is 1. The normalized spacial score (nSPS) is 12.2. The second-order valence-corrected chi connectivity index (χ2v) is 9.95. The molecule has 176 valence electrons. The zero-order chi connectivity index (χ0) is 23.4. The summed E-state index contributed by atoms with van der Waals surface area (Å²) in [7, 11) is -3.55. The number of hydrogen-bond acceptors (Lipinski definition) is 4. The van der Waals surface area contributed by atoms with Gasteiger partial charge >= 0.3 is 0 Å². The lowest BCUT2D eigenvalue weighted by Gasteiger charge is -2.24. The molecule has 0 aliphatic rings. The SMILES string of the molecule is CCCC[C@@H](CC)CNC(=O)CCCN(c1ccccc1Oc1ccccc1)S(C)(=O)=O. The molecular formula is C25H36N2O4S. The van der Waals surface area contributed by atoms with Crippen molar-refractivity contribution in [3.63, 3.8) is 0 Å². The van der Waals surface area contributed by atoms with Crippen LogP contribution < -0.4 is 14.4 Å².